The Morgan fingerprint density at radius 2 is 1.87 bits per heavy atom. The number of ether oxygens (including phenoxy) is 2. The zero-order valence-electron chi connectivity index (χ0n) is 18.1. The number of amides is 2. The average Bonchev–Trinajstić information content (AvgIpc) is 3.14. The highest BCUT2D eigenvalue weighted by Gasteiger charge is 2.39. The molecule has 0 radical (unpaired) electrons. The van der Waals surface area contributed by atoms with Crippen LogP contribution in [0.2, 0.25) is 0 Å². The molecular formula is C22H30N4O4. The normalized spacial score (nSPS) is 20.9. The SMILES string of the molecule is COc1ccc(OC)c(N2CC(C(=O)N3CCN(C(C#N)C(C)C)CC3)CC2=O)c1. The van der Waals surface area contributed by atoms with Gasteiger partial charge in [0.25, 0.3) is 0 Å². The van der Waals surface area contributed by atoms with E-state index in [4.69, 9.17) is 9.47 Å². The molecule has 2 aliphatic heterocycles. The van der Waals surface area contributed by atoms with E-state index in [2.05, 4.69) is 11.0 Å². The van der Waals surface area contributed by atoms with Gasteiger partial charge in [-0.05, 0) is 18.1 Å². The molecule has 2 saturated heterocycles. The topological polar surface area (TPSA) is 86.1 Å². The molecule has 0 saturated carbocycles. The molecule has 8 heteroatoms. The zero-order valence-corrected chi connectivity index (χ0v) is 18.1. The minimum atomic E-state index is -0.378. The van der Waals surface area contributed by atoms with Crippen LogP contribution in [0.15, 0.2) is 18.2 Å². The molecule has 1 aromatic carbocycles. The van der Waals surface area contributed by atoms with Crippen molar-refractivity contribution in [3.8, 4) is 17.6 Å². The molecule has 2 heterocycles. The number of hydrogen-bond donors (Lipinski definition) is 0. The summed E-state index contributed by atoms with van der Waals surface area (Å²) in [7, 11) is 3.12. The molecule has 2 unspecified atom stereocenters. The Bertz CT molecular complexity index is 827. The summed E-state index contributed by atoms with van der Waals surface area (Å²) in [5.41, 5.74) is 0.621. The van der Waals surface area contributed by atoms with Crippen LogP contribution in [0.25, 0.3) is 0 Å². The monoisotopic (exact) mass is 414 g/mol. The van der Waals surface area contributed by atoms with Crippen LogP contribution < -0.4 is 14.4 Å². The lowest BCUT2D eigenvalue weighted by atomic mass is 10.0. The fourth-order valence-corrected chi connectivity index (χ4v) is 4.24. The van der Waals surface area contributed by atoms with Gasteiger partial charge >= 0.3 is 0 Å². The third kappa shape index (κ3) is 4.36. The smallest absolute Gasteiger partial charge is 0.228 e. The van der Waals surface area contributed by atoms with Crippen LogP contribution in [0.4, 0.5) is 5.69 Å². The molecule has 0 N–H and O–H groups in total. The van der Waals surface area contributed by atoms with Gasteiger partial charge in [-0.25, -0.2) is 0 Å². The summed E-state index contributed by atoms with van der Waals surface area (Å²) in [5.74, 6) is 0.977. The predicted octanol–water partition coefficient (Wildman–Crippen LogP) is 1.75. The minimum Gasteiger partial charge on any atom is -0.497 e. The number of methoxy groups -OCH3 is 2. The van der Waals surface area contributed by atoms with E-state index in [-0.39, 0.29) is 36.1 Å². The van der Waals surface area contributed by atoms with Gasteiger partial charge < -0.3 is 19.3 Å². The lowest BCUT2D eigenvalue weighted by Gasteiger charge is -2.38. The Morgan fingerprint density at radius 1 is 1.17 bits per heavy atom. The van der Waals surface area contributed by atoms with E-state index in [1.54, 1.807) is 37.3 Å². The molecule has 3 rings (SSSR count). The fraction of sp³-hybridized carbons (Fsp3) is 0.591. The molecule has 0 spiro atoms. The highest BCUT2D eigenvalue weighted by atomic mass is 16.5. The quantitative estimate of drug-likeness (QED) is 0.705. The van der Waals surface area contributed by atoms with Crippen LogP contribution in [-0.2, 0) is 9.59 Å². The molecule has 30 heavy (non-hydrogen) atoms. The molecule has 8 nitrogen and oxygen atoms in total. The van der Waals surface area contributed by atoms with Crippen molar-refractivity contribution in [2.45, 2.75) is 26.3 Å². The number of hydrogen-bond acceptors (Lipinski definition) is 6. The molecule has 1 aromatic rings. The van der Waals surface area contributed by atoms with Crippen molar-refractivity contribution >= 4 is 17.5 Å². The van der Waals surface area contributed by atoms with E-state index in [0.717, 1.165) is 0 Å². The Balaban J connectivity index is 1.66. The molecule has 2 amide bonds. The number of nitrogens with zero attached hydrogens (tertiary/aromatic N) is 4. The van der Waals surface area contributed by atoms with Crippen LogP contribution in [0.5, 0.6) is 11.5 Å². The van der Waals surface area contributed by atoms with E-state index in [1.165, 1.54) is 0 Å². The molecule has 0 bridgehead atoms. The lowest BCUT2D eigenvalue weighted by Crippen LogP contribution is -2.54. The molecule has 2 atom stereocenters. The third-order valence-corrected chi connectivity index (χ3v) is 5.93. The first-order valence-electron chi connectivity index (χ1n) is 10.3. The summed E-state index contributed by atoms with van der Waals surface area (Å²) in [4.78, 5) is 31.4. The van der Waals surface area contributed by atoms with E-state index < -0.39 is 0 Å². The standard InChI is InChI=1S/C22H30N4O4/c1-15(2)19(13-23)24-7-9-25(10-8-24)22(28)16-11-21(27)26(14-16)18-12-17(29-3)5-6-20(18)30-4/h5-6,12,15-16,19H,7-11,14H2,1-4H3. The Hall–Kier alpha value is -2.79. The lowest BCUT2D eigenvalue weighted by molar-refractivity contribution is -0.137. The van der Waals surface area contributed by atoms with Gasteiger partial charge in [-0.3, -0.25) is 14.5 Å². The third-order valence-electron chi connectivity index (χ3n) is 5.93. The maximum atomic E-state index is 13.1. The van der Waals surface area contributed by atoms with Crippen molar-refractivity contribution in [3.63, 3.8) is 0 Å². The van der Waals surface area contributed by atoms with E-state index >= 15 is 0 Å². The predicted molar refractivity (Wildman–Crippen MR) is 112 cm³/mol. The van der Waals surface area contributed by atoms with Gasteiger partial charge in [0.15, 0.2) is 0 Å². The van der Waals surface area contributed by atoms with E-state index in [1.807, 2.05) is 18.7 Å². The first kappa shape index (κ1) is 21.9. The first-order chi connectivity index (χ1) is 14.4. The maximum Gasteiger partial charge on any atom is 0.228 e. The van der Waals surface area contributed by atoms with Crippen molar-refractivity contribution in [3.05, 3.63) is 18.2 Å². The second-order valence-electron chi connectivity index (χ2n) is 8.12. The maximum absolute atomic E-state index is 13.1. The van der Waals surface area contributed by atoms with Crippen molar-refractivity contribution in [1.29, 1.82) is 5.26 Å². The summed E-state index contributed by atoms with van der Waals surface area (Å²) >= 11 is 0. The van der Waals surface area contributed by atoms with Gasteiger partial charge in [-0.15, -0.1) is 0 Å². The number of nitriles is 1. The summed E-state index contributed by atoms with van der Waals surface area (Å²) in [5, 5.41) is 9.41. The van der Waals surface area contributed by atoms with E-state index in [0.29, 0.717) is 49.9 Å². The van der Waals surface area contributed by atoms with Crippen molar-refractivity contribution < 1.29 is 19.1 Å². The van der Waals surface area contributed by atoms with Gasteiger partial charge in [0.2, 0.25) is 11.8 Å². The second kappa shape index (κ2) is 9.35. The largest absolute Gasteiger partial charge is 0.497 e. The second-order valence-corrected chi connectivity index (χ2v) is 8.12. The number of benzene rings is 1. The van der Waals surface area contributed by atoms with Gasteiger partial charge in [0.05, 0.1) is 31.9 Å². The molecule has 0 aliphatic carbocycles. The van der Waals surface area contributed by atoms with Gasteiger partial charge in [-0.2, -0.15) is 5.26 Å². The van der Waals surface area contributed by atoms with Gasteiger partial charge in [-0.1, -0.05) is 13.8 Å². The highest BCUT2D eigenvalue weighted by molar-refractivity contribution is 6.01. The molecule has 2 aliphatic rings. The Kier molecular flexibility index (Phi) is 6.83. The van der Waals surface area contributed by atoms with Gasteiger partial charge in [0, 0.05) is 45.2 Å². The van der Waals surface area contributed by atoms with Crippen molar-refractivity contribution in [1.82, 2.24) is 9.80 Å². The highest BCUT2D eigenvalue weighted by Crippen LogP contribution is 2.36. The summed E-state index contributed by atoms with van der Waals surface area (Å²) in [6.45, 7) is 6.92. The Labute approximate surface area is 177 Å². The Morgan fingerprint density at radius 3 is 2.43 bits per heavy atom. The molecule has 162 valence electrons. The number of carbonyl (C=O) groups excluding carboxylic acids is 2. The van der Waals surface area contributed by atoms with Gasteiger partial charge in [0.1, 0.15) is 17.5 Å². The van der Waals surface area contributed by atoms with Crippen LogP contribution in [0, 0.1) is 23.2 Å². The number of anilines is 1. The van der Waals surface area contributed by atoms with Crippen LogP contribution in [0.3, 0.4) is 0 Å². The molecule has 2 fully saturated rings. The zero-order chi connectivity index (χ0) is 21.8. The van der Waals surface area contributed by atoms with Crippen LogP contribution in [0.1, 0.15) is 20.3 Å². The number of rotatable bonds is 6. The molecule has 0 aromatic heterocycles. The summed E-state index contributed by atoms with van der Waals surface area (Å²) in [6.07, 6.45) is 0.187. The average molecular weight is 415 g/mol. The fourth-order valence-electron chi connectivity index (χ4n) is 4.24. The summed E-state index contributed by atoms with van der Waals surface area (Å²) < 4.78 is 10.7. The summed E-state index contributed by atoms with van der Waals surface area (Å²) in [6, 6.07) is 7.53. The van der Waals surface area contributed by atoms with Crippen molar-refractivity contribution in [2.75, 3.05) is 51.8 Å². The van der Waals surface area contributed by atoms with E-state index in [9.17, 15) is 14.9 Å². The van der Waals surface area contributed by atoms with Crippen LogP contribution >= 0.6 is 0 Å². The number of piperazine rings is 1. The van der Waals surface area contributed by atoms with Crippen molar-refractivity contribution in [2.24, 2.45) is 11.8 Å². The minimum absolute atomic E-state index is 0.00502. The first-order valence-corrected chi connectivity index (χ1v) is 10.3. The van der Waals surface area contributed by atoms with Crippen LogP contribution in [-0.4, -0.2) is 74.6 Å². The number of carbonyl (C=O) groups is 2. The molecular weight excluding hydrogens is 384 g/mol.